The molecule has 0 amide bonds. The Balaban J connectivity index is 1.41. The van der Waals surface area contributed by atoms with Gasteiger partial charge in [-0.05, 0) is 42.9 Å². The fourth-order valence-corrected chi connectivity index (χ4v) is 3.70. The molecule has 0 bridgehead atoms. The van der Waals surface area contributed by atoms with Crippen LogP contribution < -0.4 is 10.9 Å². The second-order valence-electron chi connectivity index (χ2n) is 7.05. The molecule has 3 aromatic rings. The summed E-state index contributed by atoms with van der Waals surface area (Å²) in [4.78, 5) is 14.5. The van der Waals surface area contributed by atoms with Crippen molar-refractivity contribution in [1.29, 1.82) is 0 Å². The molecular formula is C21H24N4O. The number of aromatic nitrogens is 3. The minimum atomic E-state index is -0.0121. The Morgan fingerprint density at radius 1 is 1.27 bits per heavy atom. The maximum Gasteiger partial charge on any atom is 0.248 e. The highest BCUT2D eigenvalue weighted by atomic mass is 16.1. The van der Waals surface area contributed by atoms with Crippen LogP contribution in [-0.4, -0.2) is 14.8 Å². The number of hydrogen-bond acceptors (Lipinski definition) is 3. The molecule has 0 fully saturated rings. The minimum Gasteiger partial charge on any atom is -0.326 e. The van der Waals surface area contributed by atoms with E-state index in [9.17, 15) is 4.79 Å². The van der Waals surface area contributed by atoms with Crippen LogP contribution in [0.3, 0.4) is 0 Å². The normalized spacial score (nSPS) is 16.4. The van der Waals surface area contributed by atoms with E-state index < -0.39 is 0 Å². The highest BCUT2D eigenvalue weighted by Crippen LogP contribution is 2.27. The first kappa shape index (κ1) is 16.8. The van der Waals surface area contributed by atoms with Crippen molar-refractivity contribution in [2.24, 2.45) is 0 Å². The molecular weight excluding hydrogens is 324 g/mol. The molecule has 2 N–H and O–H groups in total. The number of H-pyrrole nitrogens is 1. The molecule has 1 aromatic carbocycles. The summed E-state index contributed by atoms with van der Waals surface area (Å²) in [6, 6.07) is 12.3. The van der Waals surface area contributed by atoms with Crippen molar-refractivity contribution in [1.82, 2.24) is 20.1 Å². The monoisotopic (exact) mass is 348 g/mol. The van der Waals surface area contributed by atoms with Crippen LogP contribution in [0, 0.1) is 6.92 Å². The average molecular weight is 348 g/mol. The number of aromatic amines is 1. The van der Waals surface area contributed by atoms with E-state index in [0.29, 0.717) is 0 Å². The van der Waals surface area contributed by atoms with Crippen LogP contribution >= 0.6 is 0 Å². The summed E-state index contributed by atoms with van der Waals surface area (Å²) in [5.74, 6) is 0. The Kier molecular flexibility index (Phi) is 4.71. The van der Waals surface area contributed by atoms with Gasteiger partial charge >= 0.3 is 0 Å². The first-order chi connectivity index (χ1) is 12.7. The fraction of sp³-hybridized carbons (Fsp3) is 0.333. The van der Waals surface area contributed by atoms with Gasteiger partial charge in [-0.1, -0.05) is 30.3 Å². The third-order valence-electron chi connectivity index (χ3n) is 5.16. The van der Waals surface area contributed by atoms with Crippen LogP contribution in [0.1, 0.15) is 46.8 Å². The van der Waals surface area contributed by atoms with Crippen molar-refractivity contribution in [2.45, 2.75) is 45.3 Å². The van der Waals surface area contributed by atoms with Gasteiger partial charge in [0, 0.05) is 36.1 Å². The Morgan fingerprint density at radius 2 is 2.15 bits per heavy atom. The largest absolute Gasteiger partial charge is 0.326 e. The van der Waals surface area contributed by atoms with Crippen molar-refractivity contribution < 1.29 is 0 Å². The standard InChI is InChI=1S/C21H24N4O/c1-15-5-2-3-6-17(15)14-25-13-16(12-23-25)11-22-19-7-4-8-20-18(19)9-10-21(26)24-20/h2-3,5-6,9-10,12-13,19,22H,4,7-8,11,14H2,1H3,(H,24,26). The van der Waals surface area contributed by atoms with Crippen molar-refractivity contribution in [3.63, 3.8) is 0 Å². The molecule has 5 nitrogen and oxygen atoms in total. The smallest absolute Gasteiger partial charge is 0.248 e. The lowest BCUT2D eigenvalue weighted by Crippen LogP contribution is -2.27. The maximum absolute atomic E-state index is 11.5. The van der Waals surface area contributed by atoms with Gasteiger partial charge in [-0.25, -0.2) is 0 Å². The molecule has 1 aliphatic carbocycles. The van der Waals surface area contributed by atoms with Crippen LogP contribution in [-0.2, 0) is 19.5 Å². The molecule has 0 radical (unpaired) electrons. The third kappa shape index (κ3) is 3.63. The fourth-order valence-electron chi connectivity index (χ4n) is 3.70. The number of rotatable bonds is 5. The molecule has 1 unspecified atom stereocenters. The summed E-state index contributed by atoms with van der Waals surface area (Å²) in [6.07, 6.45) is 7.18. The summed E-state index contributed by atoms with van der Waals surface area (Å²) in [7, 11) is 0. The first-order valence-corrected chi connectivity index (χ1v) is 9.20. The van der Waals surface area contributed by atoms with Crippen molar-refractivity contribution in [3.8, 4) is 0 Å². The summed E-state index contributed by atoms with van der Waals surface area (Å²) in [5.41, 5.74) is 6.05. The molecule has 134 valence electrons. The van der Waals surface area contributed by atoms with Gasteiger partial charge in [-0.15, -0.1) is 0 Å². The van der Waals surface area contributed by atoms with Gasteiger partial charge in [0.2, 0.25) is 5.56 Å². The van der Waals surface area contributed by atoms with Crippen molar-refractivity contribution in [2.75, 3.05) is 0 Å². The average Bonchev–Trinajstić information content (AvgIpc) is 3.09. The highest BCUT2D eigenvalue weighted by molar-refractivity contribution is 5.27. The molecule has 4 rings (SSSR count). The number of nitrogens with one attached hydrogen (secondary N) is 2. The second kappa shape index (κ2) is 7.30. The molecule has 2 aromatic heterocycles. The van der Waals surface area contributed by atoms with Gasteiger partial charge in [0.15, 0.2) is 0 Å². The molecule has 0 spiro atoms. The zero-order valence-electron chi connectivity index (χ0n) is 15.0. The van der Waals surface area contributed by atoms with Gasteiger partial charge in [0.25, 0.3) is 0 Å². The van der Waals surface area contributed by atoms with Gasteiger partial charge in [-0.3, -0.25) is 9.48 Å². The van der Waals surface area contributed by atoms with E-state index in [0.717, 1.165) is 38.0 Å². The van der Waals surface area contributed by atoms with E-state index in [-0.39, 0.29) is 11.6 Å². The van der Waals surface area contributed by atoms with Crippen molar-refractivity contribution in [3.05, 3.63) is 87.1 Å². The van der Waals surface area contributed by atoms with E-state index >= 15 is 0 Å². The van der Waals surface area contributed by atoms with Gasteiger partial charge < -0.3 is 10.3 Å². The molecule has 1 atom stereocenters. The summed E-state index contributed by atoms with van der Waals surface area (Å²) in [6.45, 7) is 3.70. The van der Waals surface area contributed by atoms with Crippen molar-refractivity contribution >= 4 is 0 Å². The first-order valence-electron chi connectivity index (χ1n) is 9.20. The Bertz CT molecular complexity index is 956. The van der Waals surface area contributed by atoms with Crippen LogP contribution in [0.25, 0.3) is 0 Å². The van der Waals surface area contributed by atoms with Gasteiger partial charge in [0.05, 0.1) is 12.7 Å². The highest BCUT2D eigenvalue weighted by Gasteiger charge is 2.20. The second-order valence-corrected chi connectivity index (χ2v) is 7.05. The van der Waals surface area contributed by atoms with E-state index in [1.54, 1.807) is 6.07 Å². The predicted molar refractivity (Wildman–Crippen MR) is 102 cm³/mol. The third-order valence-corrected chi connectivity index (χ3v) is 5.16. The zero-order valence-corrected chi connectivity index (χ0v) is 15.0. The molecule has 5 heteroatoms. The summed E-state index contributed by atoms with van der Waals surface area (Å²) >= 11 is 0. The quantitative estimate of drug-likeness (QED) is 0.745. The lowest BCUT2D eigenvalue weighted by Gasteiger charge is -2.25. The summed E-state index contributed by atoms with van der Waals surface area (Å²) in [5, 5.41) is 8.13. The van der Waals surface area contributed by atoms with E-state index in [2.05, 4.69) is 52.8 Å². The van der Waals surface area contributed by atoms with E-state index in [1.807, 2.05) is 16.9 Å². The Morgan fingerprint density at radius 3 is 3.04 bits per heavy atom. The molecule has 0 aliphatic heterocycles. The Labute approximate surface area is 153 Å². The number of benzene rings is 1. The van der Waals surface area contributed by atoms with Crippen LogP contribution in [0.15, 0.2) is 53.6 Å². The lowest BCUT2D eigenvalue weighted by atomic mass is 9.91. The maximum atomic E-state index is 11.5. The summed E-state index contributed by atoms with van der Waals surface area (Å²) < 4.78 is 1.99. The van der Waals surface area contributed by atoms with Crippen LogP contribution in [0.2, 0.25) is 0 Å². The number of aryl methyl sites for hydroxylation is 2. The SMILES string of the molecule is Cc1ccccc1Cn1cc(CNC2CCCc3[nH]c(=O)ccc32)cn1. The molecule has 1 aliphatic rings. The van der Waals surface area contributed by atoms with Gasteiger partial charge in [-0.2, -0.15) is 5.10 Å². The molecule has 26 heavy (non-hydrogen) atoms. The zero-order chi connectivity index (χ0) is 17.9. The lowest BCUT2D eigenvalue weighted by molar-refractivity contribution is 0.453. The number of hydrogen-bond donors (Lipinski definition) is 2. The Hall–Kier alpha value is -2.66. The predicted octanol–water partition coefficient (Wildman–Crippen LogP) is 3.10. The topological polar surface area (TPSA) is 62.7 Å². The van der Waals surface area contributed by atoms with E-state index in [4.69, 9.17) is 0 Å². The minimum absolute atomic E-state index is 0.0121. The van der Waals surface area contributed by atoms with Crippen LogP contribution in [0.5, 0.6) is 0 Å². The number of pyridine rings is 1. The molecule has 2 heterocycles. The molecule has 0 saturated carbocycles. The van der Waals surface area contributed by atoms with E-state index in [1.165, 1.54) is 22.3 Å². The number of nitrogens with zero attached hydrogens (tertiary/aromatic N) is 2. The molecule has 0 saturated heterocycles. The number of fused-ring (bicyclic) bond motifs is 1. The van der Waals surface area contributed by atoms with Gasteiger partial charge in [0.1, 0.15) is 0 Å². The van der Waals surface area contributed by atoms with Crippen LogP contribution in [0.4, 0.5) is 0 Å².